The molecule has 2 aromatic rings. The number of methoxy groups -OCH3 is 2. The van der Waals surface area contributed by atoms with Gasteiger partial charge in [-0.25, -0.2) is 9.78 Å². The first-order valence-electron chi connectivity index (χ1n) is 7.54. The van der Waals surface area contributed by atoms with E-state index in [0.717, 1.165) is 29.1 Å². The number of carbonyl (C=O) groups is 2. The van der Waals surface area contributed by atoms with Gasteiger partial charge in [0, 0.05) is 5.92 Å². The zero-order valence-electron chi connectivity index (χ0n) is 13.7. The van der Waals surface area contributed by atoms with Crippen molar-refractivity contribution in [3.8, 4) is 5.75 Å². The summed E-state index contributed by atoms with van der Waals surface area (Å²) in [5, 5.41) is 3.22. The number of benzene rings is 1. The van der Waals surface area contributed by atoms with Gasteiger partial charge in [0.15, 0.2) is 5.13 Å². The molecule has 1 heterocycles. The number of aryl methyl sites for hydroxylation is 1. The minimum Gasteiger partial charge on any atom is -0.496 e. The van der Waals surface area contributed by atoms with Crippen LogP contribution in [0.3, 0.4) is 0 Å². The van der Waals surface area contributed by atoms with E-state index in [0.29, 0.717) is 15.7 Å². The van der Waals surface area contributed by atoms with Crippen LogP contribution in [0, 0.1) is 12.8 Å². The smallest absolute Gasteiger partial charge is 0.350 e. The van der Waals surface area contributed by atoms with Crippen molar-refractivity contribution in [2.45, 2.75) is 19.3 Å². The molecule has 0 radical (unpaired) electrons. The van der Waals surface area contributed by atoms with E-state index in [4.69, 9.17) is 9.47 Å². The Labute approximate surface area is 143 Å². The molecule has 0 unspecified atom stereocenters. The summed E-state index contributed by atoms with van der Waals surface area (Å²) in [6, 6.07) is 7.74. The van der Waals surface area contributed by atoms with Gasteiger partial charge in [-0.2, -0.15) is 0 Å². The van der Waals surface area contributed by atoms with Crippen molar-refractivity contribution in [3.63, 3.8) is 0 Å². The SMILES string of the molecule is COC(=O)c1sc(NC(=O)[C@H]2C[C@@H]2c2ccccc2OC)nc1C. The third-order valence-electron chi connectivity index (χ3n) is 4.06. The normalized spacial score (nSPS) is 18.8. The molecule has 126 valence electrons. The van der Waals surface area contributed by atoms with Gasteiger partial charge in [-0.05, 0) is 30.9 Å². The van der Waals surface area contributed by atoms with Crippen LogP contribution in [-0.2, 0) is 9.53 Å². The van der Waals surface area contributed by atoms with E-state index in [9.17, 15) is 9.59 Å². The average molecular weight is 346 g/mol. The molecule has 1 amide bonds. The molecule has 7 heteroatoms. The quantitative estimate of drug-likeness (QED) is 0.842. The minimum atomic E-state index is -0.441. The molecule has 1 fully saturated rings. The van der Waals surface area contributed by atoms with E-state index >= 15 is 0 Å². The molecule has 0 bridgehead atoms. The molecule has 1 N–H and O–H groups in total. The molecule has 1 aliphatic carbocycles. The number of aromatic nitrogens is 1. The number of esters is 1. The largest absolute Gasteiger partial charge is 0.496 e. The third kappa shape index (κ3) is 3.12. The summed E-state index contributed by atoms with van der Waals surface area (Å²) in [5.74, 6) is 0.324. The van der Waals surface area contributed by atoms with E-state index in [2.05, 4.69) is 10.3 Å². The summed E-state index contributed by atoms with van der Waals surface area (Å²) in [5.41, 5.74) is 1.60. The molecule has 1 saturated carbocycles. The molecular formula is C17H18N2O4S. The zero-order chi connectivity index (χ0) is 17.3. The molecule has 24 heavy (non-hydrogen) atoms. The Kier molecular flexibility index (Phi) is 4.53. The summed E-state index contributed by atoms with van der Waals surface area (Å²) in [6.45, 7) is 1.72. The first-order chi connectivity index (χ1) is 11.5. The minimum absolute atomic E-state index is 0.0870. The predicted molar refractivity (Wildman–Crippen MR) is 90.7 cm³/mol. The fraction of sp³-hybridized carbons (Fsp3) is 0.353. The lowest BCUT2D eigenvalue weighted by Gasteiger charge is -2.07. The second-order valence-corrected chi connectivity index (χ2v) is 6.60. The third-order valence-corrected chi connectivity index (χ3v) is 5.12. The van der Waals surface area contributed by atoms with Crippen LogP contribution >= 0.6 is 11.3 Å². The van der Waals surface area contributed by atoms with E-state index in [-0.39, 0.29) is 17.7 Å². The Morgan fingerprint density at radius 2 is 2.04 bits per heavy atom. The Morgan fingerprint density at radius 1 is 1.29 bits per heavy atom. The molecule has 0 aliphatic heterocycles. The number of hydrogen-bond acceptors (Lipinski definition) is 6. The highest BCUT2D eigenvalue weighted by Crippen LogP contribution is 2.50. The van der Waals surface area contributed by atoms with E-state index in [1.165, 1.54) is 7.11 Å². The van der Waals surface area contributed by atoms with Crippen molar-refractivity contribution in [1.82, 2.24) is 4.98 Å². The number of hydrogen-bond donors (Lipinski definition) is 1. The monoisotopic (exact) mass is 346 g/mol. The van der Waals surface area contributed by atoms with Gasteiger partial charge in [0.25, 0.3) is 0 Å². The van der Waals surface area contributed by atoms with Gasteiger partial charge < -0.3 is 14.8 Å². The fourth-order valence-electron chi connectivity index (χ4n) is 2.73. The molecular weight excluding hydrogens is 328 g/mol. The van der Waals surface area contributed by atoms with Gasteiger partial charge >= 0.3 is 5.97 Å². The van der Waals surface area contributed by atoms with Crippen LogP contribution in [0.25, 0.3) is 0 Å². The topological polar surface area (TPSA) is 77.5 Å². The number of rotatable bonds is 5. The molecule has 3 rings (SSSR count). The zero-order valence-corrected chi connectivity index (χ0v) is 14.5. The lowest BCUT2D eigenvalue weighted by molar-refractivity contribution is -0.117. The summed E-state index contributed by atoms with van der Waals surface area (Å²) >= 11 is 1.13. The van der Waals surface area contributed by atoms with Gasteiger partial charge in [-0.3, -0.25) is 4.79 Å². The van der Waals surface area contributed by atoms with E-state index in [1.54, 1.807) is 14.0 Å². The summed E-state index contributed by atoms with van der Waals surface area (Å²) in [6.07, 6.45) is 0.778. The average Bonchev–Trinajstić information content (AvgIpc) is 3.31. The Balaban J connectivity index is 1.68. The van der Waals surface area contributed by atoms with Crippen LogP contribution in [0.15, 0.2) is 24.3 Å². The summed E-state index contributed by atoms with van der Waals surface area (Å²) < 4.78 is 10.1. The maximum atomic E-state index is 12.4. The maximum Gasteiger partial charge on any atom is 0.350 e. The Bertz CT molecular complexity index is 787. The first kappa shape index (κ1) is 16.4. The summed E-state index contributed by atoms with van der Waals surface area (Å²) in [4.78, 5) is 28.7. The van der Waals surface area contributed by atoms with Crippen LogP contribution in [-0.4, -0.2) is 31.1 Å². The van der Waals surface area contributed by atoms with Crippen LogP contribution < -0.4 is 10.1 Å². The first-order valence-corrected chi connectivity index (χ1v) is 8.36. The molecule has 2 atom stereocenters. The predicted octanol–water partition coefficient (Wildman–Crippen LogP) is 2.99. The molecule has 1 aromatic carbocycles. The molecule has 0 saturated heterocycles. The van der Waals surface area contributed by atoms with Gasteiger partial charge in [0.2, 0.25) is 5.91 Å². The fourth-order valence-corrected chi connectivity index (χ4v) is 3.62. The van der Waals surface area contributed by atoms with Crippen molar-refractivity contribution in [3.05, 3.63) is 40.4 Å². The molecule has 6 nitrogen and oxygen atoms in total. The number of para-hydroxylation sites is 1. The van der Waals surface area contributed by atoms with Crippen molar-refractivity contribution in [2.75, 3.05) is 19.5 Å². The number of carbonyl (C=O) groups excluding carboxylic acids is 2. The lowest BCUT2D eigenvalue weighted by atomic mass is 10.1. The van der Waals surface area contributed by atoms with E-state index in [1.807, 2.05) is 24.3 Å². The number of nitrogens with zero attached hydrogens (tertiary/aromatic N) is 1. The highest BCUT2D eigenvalue weighted by Gasteiger charge is 2.45. The number of anilines is 1. The van der Waals surface area contributed by atoms with Crippen LogP contribution in [0.1, 0.15) is 33.3 Å². The van der Waals surface area contributed by atoms with Crippen LogP contribution in [0.2, 0.25) is 0 Å². The number of ether oxygens (including phenoxy) is 2. The highest BCUT2D eigenvalue weighted by molar-refractivity contribution is 7.17. The Hall–Kier alpha value is -2.41. The molecule has 0 spiro atoms. The van der Waals surface area contributed by atoms with Crippen molar-refractivity contribution in [1.29, 1.82) is 0 Å². The van der Waals surface area contributed by atoms with Gasteiger partial charge in [-0.1, -0.05) is 29.5 Å². The van der Waals surface area contributed by atoms with Gasteiger partial charge in [0.05, 0.1) is 19.9 Å². The van der Waals surface area contributed by atoms with Crippen LogP contribution in [0.5, 0.6) is 5.75 Å². The number of amides is 1. The lowest BCUT2D eigenvalue weighted by Crippen LogP contribution is -2.14. The van der Waals surface area contributed by atoms with Gasteiger partial charge in [-0.15, -0.1) is 0 Å². The Morgan fingerprint density at radius 3 is 2.75 bits per heavy atom. The second kappa shape index (κ2) is 6.60. The van der Waals surface area contributed by atoms with Gasteiger partial charge in [0.1, 0.15) is 10.6 Å². The molecule has 1 aliphatic rings. The number of thiazole rings is 1. The van der Waals surface area contributed by atoms with Crippen molar-refractivity contribution >= 4 is 28.3 Å². The standard InChI is InChI=1S/C17H18N2O4S/c1-9-14(16(21)23-3)24-17(18-9)19-15(20)12-8-11(12)10-6-4-5-7-13(10)22-2/h4-7,11-12H,8H2,1-3H3,(H,18,19,20)/t11-,12+/m1/s1. The highest BCUT2D eigenvalue weighted by atomic mass is 32.1. The second-order valence-electron chi connectivity index (χ2n) is 5.61. The maximum absolute atomic E-state index is 12.4. The van der Waals surface area contributed by atoms with Crippen molar-refractivity contribution < 1.29 is 19.1 Å². The van der Waals surface area contributed by atoms with E-state index < -0.39 is 5.97 Å². The molecule has 1 aromatic heterocycles. The van der Waals surface area contributed by atoms with Crippen molar-refractivity contribution in [2.24, 2.45) is 5.92 Å². The number of nitrogens with one attached hydrogen (secondary N) is 1. The van der Waals surface area contributed by atoms with Crippen LogP contribution in [0.4, 0.5) is 5.13 Å². The summed E-state index contributed by atoms with van der Waals surface area (Å²) in [7, 11) is 2.95.